The van der Waals surface area contributed by atoms with E-state index >= 15 is 0 Å². The van der Waals surface area contributed by atoms with Crippen LogP contribution in [0.4, 0.5) is 0 Å². The van der Waals surface area contributed by atoms with Crippen LogP contribution < -0.4 is 5.32 Å². The normalized spacial score (nSPS) is 11.7. The average Bonchev–Trinajstić information content (AvgIpc) is 2.37. The van der Waals surface area contributed by atoms with E-state index in [4.69, 9.17) is 4.74 Å². The van der Waals surface area contributed by atoms with Gasteiger partial charge in [-0.25, -0.2) is 4.79 Å². The summed E-state index contributed by atoms with van der Waals surface area (Å²) in [6.45, 7) is 1.64. The molecule has 6 heteroatoms. The van der Waals surface area contributed by atoms with Crippen molar-refractivity contribution in [3.8, 4) is 0 Å². The van der Waals surface area contributed by atoms with E-state index in [-0.39, 0.29) is 19.1 Å². The Bertz CT molecular complexity index is 394. The molecule has 98 valence electrons. The predicted octanol–water partition coefficient (Wildman–Crippen LogP) is 0.276. The molecule has 0 aliphatic heterocycles. The molecular formula is C12H16N2O4. The summed E-state index contributed by atoms with van der Waals surface area (Å²) < 4.78 is 9.89. The minimum Gasteiger partial charge on any atom is -0.467 e. The number of nitrogens with one attached hydrogen (secondary N) is 1. The van der Waals surface area contributed by atoms with Gasteiger partial charge in [-0.15, -0.1) is 0 Å². The number of methoxy groups -OCH3 is 1. The van der Waals surface area contributed by atoms with Gasteiger partial charge >= 0.3 is 5.97 Å². The Kier molecular flexibility index (Phi) is 5.79. The van der Waals surface area contributed by atoms with Crippen LogP contribution in [0.1, 0.15) is 12.6 Å². The van der Waals surface area contributed by atoms with Crippen molar-refractivity contribution in [2.75, 3.05) is 13.7 Å². The Hall–Kier alpha value is -1.95. The molecule has 0 aliphatic carbocycles. The molecule has 0 saturated carbocycles. The van der Waals surface area contributed by atoms with Crippen LogP contribution in [-0.2, 0) is 25.7 Å². The number of carbonyl (C=O) groups is 2. The van der Waals surface area contributed by atoms with Gasteiger partial charge in [0.2, 0.25) is 5.91 Å². The van der Waals surface area contributed by atoms with E-state index in [1.807, 2.05) is 12.1 Å². The third kappa shape index (κ3) is 4.92. The smallest absolute Gasteiger partial charge is 0.330 e. The van der Waals surface area contributed by atoms with E-state index in [9.17, 15) is 9.59 Å². The van der Waals surface area contributed by atoms with Gasteiger partial charge in [0.25, 0.3) is 0 Å². The van der Waals surface area contributed by atoms with Crippen LogP contribution in [0.5, 0.6) is 0 Å². The zero-order chi connectivity index (χ0) is 13.4. The third-order valence-corrected chi connectivity index (χ3v) is 2.12. The molecule has 0 saturated heterocycles. The number of rotatable bonds is 6. The lowest BCUT2D eigenvalue weighted by Gasteiger charge is -2.15. The van der Waals surface area contributed by atoms with E-state index in [0.717, 1.165) is 5.69 Å². The van der Waals surface area contributed by atoms with Gasteiger partial charge in [0.05, 0.1) is 26.0 Å². The monoisotopic (exact) mass is 252 g/mol. The van der Waals surface area contributed by atoms with Gasteiger partial charge in [-0.3, -0.25) is 9.78 Å². The Morgan fingerprint density at radius 3 is 2.78 bits per heavy atom. The number of pyridine rings is 1. The zero-order valence-electron chi connectivity index (χ0n) is 10.4. The molecule has 0 bridgehead atoms. The predicted molar refractivity (Wildman–Crippen MR) is 63.5 cm³/mol. The van der Waals surface area contributed by atoms with Crippen LogP contribution in [0.3, 0.4) is 0 Å². The molecule has 0 spiro atoms. The fourth-order valence-electron chi connectivity index (χ4n) is 1.32. The van der Waals surface area contributed by atoms with Gasteiger partial charge < -0.3 is 14.8 Å². The number of amides is 1. The fraction of sp³-hybridized carbons (Fsp3) is 0.417. The van der Waals surface area contributed by atoms with Crippen molar-refractivity contribution < 1.29 is 19.1 Å². The van der Waals surface area contributed by atoms with E-state index in [1.165, 1.54) is 14.0 Å². The average molecular weight is 252 g/mol. The van der Waals surface area contributed by atoms with E-state index in [0.29, 0.717) is 0 Å². The van der Waals surface area contributed by atoms with Gasteiger partial charge in [-0.2, -0.15) is 0 Å². The molecule has 0 radical (unpaired) electrons. The summed E-state index contributed by atoms with van der Waals surface area (Å²) in [5.41, 5.74) is 0.754. The summed E-state index contributed by atoms with van der Waals surface area (Å²) in [6.07, 6.45) is 1.66. The van der Waals surface area contributed by atoms with E-state index < -0.39 is 12.0 Å². The molecular weight excluding hydrogens is 236 g/mol. The summed E-state index contributed by atoms with van der Waals surface area (Å²) >= 11 is 0. The molecule has 6 nitrogen and oxygen atoms in total. The van der Waals surface area contributed by atoms with Crippen LogP contribution in [0.2, 0.25) is 0 Å². The first-order valence-corrected chi connectivity index (χ1v) is 5.46. The molecule has 0 aliphatic rings. The summed E-state index contributed by atoms with van der Waals surface area (Å²) in [5.74, 6) is -0.849. The van der Waals surface area contributed by atoms with Crippen LogP contribution in [0.25, 0.3) is 0 Å². The highest BCUT2D eigenvalue weighted by Crippen LogP contribution is 1.98. The van der Waals surface area contributed by atoms with E-state index in [2.05, 4.69) is 15.0 Å². The number of hydrogen-bond donors (Lipinski definition) is 1. The number of carbonyl (C=O) groups excluding carboxylic acids is 2. The summed E-state index contributed by atoms with van der Waals surface area (Å²) in [7, 11) is 1.26. The molecule has 1 heterocycles. The lowest BCUT2D eigenvalue weighted by Crippen LogP contribution is -2.43. The number of esters is 1. The fourth-order valence-corrected chi connectivity index (χ4v) is 1.32. The van der Waals surface area contributed by atoms with Crippen molar-refractivity contribution in [2.24, 2.45) is 0 Å². The standard InChI is InChI=1S/C12H16N2O4/c1-9(15)14-11(12(16)17-2)8-18-7-10-5-3-4-6-13-10/h3-6,11H,7-8H2,1-2H3,(H,14,15). The maximum absolute atomic E-state index is 11.4. The van der Waals surface area contributed by atoms with Crippen LogP contribution in [-0.4, -0.2) is 36.6 Å². The zero-order valence-corrected chi connectivity index (χ0v) is 10.4. The highest BCUT2D eigenvalue weighted by atomic mass is 16.5. The molecule has 1 unspecified atom stereocenters. The van der Waals surface area contributed by atoms with Gasteiger partial charge in [0, 0.05) is 13.1 Å². The minimum atomic E-state index is -0.795. The van der Waals surface area contributed by atoms with Crippen molar-refractivity contribution >= 4 is 11.9 Å². The van der Waals surface area contributed by atoms with E-state index in [1.54, 1.807) is 12.3 Å². The summed E-state index contributed by atoms with van der Waals surface area (Å²) in [5, 5.41) is 2.46. The van der Waals surface area contributed by atoms with Gasteiger partial charge in [0.1, 0.15) is 0 Å². The first kappa shape index (κ1) is 14.1. The number of ether oxygens (including phenoxy) is 2. The molecule has 0 fully saturated rings. The van der Waals surface area contributed by atoms with Crippen molar-refractivity contribution in [2.45, 2.75) is 19.6 Å². The van der Waals surface area contributed by atoms with Crippen LogP contribution >= 0.6 is 0 Å². The lowest BCUT2D eigenvalue weighted by atomic mass is 10.3. The first-order valence-electron chi connectivity index (χ1n) is 5.46. The maximum Gasteiger partial charge on any atom is 0.330 e. The highest BCUT2D eigenvalue weighted by Gasteiger charge is 2.20. The Morgan fingerprint density at radius 2 is 2.22 bits per heavy atom. The highest BCUT2D eigenvalue weighted by molar-refractivity contribution is 5.83. The largest absolute Gasteiger partial charge is 0.467 e. The SMILES string of the molecule is COC(=O)C(COCc1ccccn1)NC(C)=O. The molecule has 1 amide bonds. The van der Waals surface area contributed by atoms with Crippen LogP contribution in [0, 0.1) is 0 Å². The minimum absolute atomic E-state index is 0.0445. The van der Waals surface area contributed by atoms with Crippen LogP contribution in [0.15, 0.2) is 24.4 Å². The maximum atomic E-state index is 11.4. The molecule has 1 aromatic heterocycles. The Morgan fingerprint density at radius 1 is 1.44 bits per heavy atom. The lowest BCUT2D eigenvalue weighted by molar-refractivity contribution is -0.146. The quantitative estimate of drug-likeness (QED) is 0.736. The van der Waals surface area contributed by atoms with Gasteiger partial charge in [-0.1, -0.05) is 6.07 Å². The first-order chi connectivity index (χ1) is 8.63. The molecule has 1 atom stereocenters. The number of nitrogens with zero attached hydrogens (tertiary/aromatic N) is 1. The second-order valence-corrected chi connectivity index (χ2v) is 3.61. The number of aromatic nitrogens is 1. The number of hydrogen-bond acceptors (Lipinski definition) is 5. The Labute approximate surface area is 105 Å². The second kappa shape index (κ2) is 7.39. The van der Waals surface area contributed by atoms with Gasteiger partial charge in [0.15, 0.2) is 6.04 Å². The van der Waals surface area contributed by atoms with Crippen molar-refractivity contribution in [3.63, 3.8) is 0 Å². The molecule has 0 aromatic carbocycles. The van der Waals surface area contributed by atoms with Gasteiger partial charge in [-0.05, 0) is 12.1 Å². The summed E-state index contributed by atoms with van der Waals surface area (Å²) in [4.78, 5) is 26.4. The molecule has 1 N–H and O–H groups in total. The van der Waals surface area contributed by atoms with Crippen molar-refractivity contribution in [3.05, 3.63) is 30.1 Å². The third-order valence-electron chi connectivity index (χ3n) is 2.12. The molecule has 1 aromatic rings. The van der Waals surface area contributed by atoms with Crippen molar-refractivity contribution in [1.29, 1.82) is 0 Å². The Balaban J connectivity index is 2.42. The topological polar surface area (TPSA) is 77.5 Å². The molecule has 18 heavy (non-hydrogen) atoms. The summed E-state index contributed by atoms with van der Waals surface area (Å²) in [6, 6.07) is 4.66. The molecule has 1 rings (SSSR count). The van der Waals surface area contributed by atoms with Crippen molar-refractivity contribution in [1.82, 2.24) is 10.3 Å². The second-order valence-electron chi connectivity index (χ2n) is 3.61.